The minimum absolute atomic E-state index is 0.105. The lowest BCUT2D eigenvalue weighted by molar-refractivity contribution is 0.0952. The van der Waals surface area contributed by atoms with E-state index in [1.165, 1.54) is 0 Å². The summed E-state index contributed by atoms with van der Waals surface area (Å²) in [5, 5.41) is 8.21. The van der Waals surface area contributed by atoms with Crippen molar-refractivity contribution in [3.8, 4) is 5.69 Å². The Kier molecular flexibility index (Phi) is 4.42. The molecule has 2 aromatic carbocycles. The molecule has 134 valence electrons. The number of nitrogens with zero attached hydrogens (tertiary/aromatic N) is 3. The van der Waals surface area contributed by atoms with Crippen LogP contribution < -0.4 is 5.32 Å². The first-order valence-electron chi connectivity index (χ1n) is 8.86. The molecule has 0 aliphatic carbocycles. The topological polar surface area (TPSA) is 59.8 Å². The maximum Gasteiger partial charge on any atom is 0.252 e. The smallest absolute Gasteiger partial charge is 0.252 e. The van der Waals surface area contributed by atoms with Gasteiger partial charge in [-0.15, -0.1) is 0 Å². The molecule has 27 heavy (non-hydrogen) atoms. The first kappa shape index (κ1) is 17.0. The molecule has 0 bridgehead atoms. The minimum atomic E-state index is -0.105. The summed E-state index contributed by atoms with van der Waals surface area (Å²) in [5.41, 5.74) is 5.37. The highest BCUT2D eigenvalue weighted by Gasteiger charge is 2.13. The van der Waals surface area contributed by atoms with Crippen LogP contribution in [-0.4, -0.2) is 20.7 Å². The van der Waals surface area contributed by atoms with Crippen LogP contribution >= 0.6 is 0 Å². The summed E-state index contributed by atoms with van der Waals surface area (Å²) in [6, 6.07) is 17.6. The quantitative estimate of drug-likeness (QED) is 0.602. The van der Waals surface area contributed by atoms with Crippen LogP contribution in [0.1, 0.15) is 27.2 Å². The van der Waals surface area contributed by atoms with Gasteiger partial charge in [0.25, 0.3) is 5.91 Å². The van der Waals surface area contributed by atoms with E-state index >= 15 is 0 Å². The first-order chi connectivity index (χ1) is 13.1. The number of aryl methyl sites for hydroxylation is 2. The van der Waals surface area contributed by atoms with Crippen molar-refractivity contribution in [2.75, 3.05) is 0 Å². The van der Waals surface area contributed by atoms with Gasteiger partial charge in [-0.1, -0.05) is 29.8 Å². The van der Waals surface area contributed by atoms with Crippen molar-refractivity contribution in [1.29, 1.82) is 0 Å². The van der Waals surface area contributed by atoms with Crippen LogP contribution in [0.2, 0.25) is 0 Å². The molecular weight excluding hydrogens is 336 g/mol. The van der Waals surface area contributed by atoms with Gasteiger partial charge in [-0.25, -0.2) is 4.68 Å². The van der Waals surface area contributed by atoms with Crippen LogP contribution in [0.4, 0.5) is 0 Å². The zero-order chi connectivity index (χ0) is 18.8. The van der Waals surface area contributed by atoms with Gasteiger partial charge >= 0.3 is 0 Å². The molecule has 1 amide bonds. The number of hydrogen-bond donors (Lipinski definition) is 1. The number of benzene rings is 2. The standard InChI is InChI=1S/C22H20N4O/c1-15-8-9-20-18(12-15)19(13-16(2)25-20)22(27)23-14-17-6-3-4-7-21(17)26-11-5-10-24-26/h3-13H,14H2,1-2H3,(H,23,27). The molecule has 4 aromatic rings. The van der Waals surface area contributed by atoms with Gasteiger partial charge in [0.15, 0.2) is 0 Å². The van der Waals surface area contributed by atoms with Crippen LogP contribution in [0.15, 0.2) is 67.0 Å². The van der Waals surface area contributed by atoms with Gasteiger partial charge in [0.1, 0.15) is 0 Å². The predicted octanol–water partition coefficient (Wildman–Crippen LogP) is 3.97. The number of rotatable bonds is 4. The van der Waals surface area contributed by atoms with Crippen molar-refractivity contribution in [2.45, 2.75) is 20.4 Å². The van der Waals surface area contributed by atoms with Gasteiger partial charge in [0.2, 0.25) is 0 Å². The molecule has 0 radical (unpaired) electrons. The fourth-order valence-electron chi connectivity index (χ4n) is 3.23. The molecule has 0 fully saturated rings. The third kappa shape index (κ3) is 3.44. The van der Waals surface area contributed by atoms with Crippen molar-refractivity contribution >= 4 is 16.8 Å². The number of para-hydroxylation sites is 1. The molecule has 0 aliphatic rings. The van der Waals surface area contributed by atoms with E-state index in [1.807, 2.05) is 74.6 Å². The third-order valence-corrected chi connectivity index (χ3v) is 4.52. The van der Waals surface area contributed by atoms with E-state index in [4.69, 9.17) is 0 Å². The second-order valence-electron chi connectivity index (χ2n) is 6.59. The molecule has 0 atom stereocenters. The second-order valence-corrected chi connectivity index (χ2v) is 6.59. The molecule has 0 unspecified atom stereocenters. The number of carbonyl (C=O) groups excluding carboxylic acids is 1. The van der Waals surface area contributed by atoms with Gasteiger partial charge in [-0.2, -0.15) is 5.10 Å². The summed E-state index contributed by atoms with van der Waals surface area (Å²) in [6.07, 6.45) is 3.63. The maximum atomic E-state index is 12.9. The number of carbonyl (C=O) groups is 1. The van der Waals surface area contributed by atoms with Crippen LogP contribution in [-0.2, 0) is 6.54 Å². The molecule has 0 saturated heterocycles. The van der Waals surface area contributed by atoms with E-state index < -0.39 is 0 Å². The molecule has 2 heterocycles. The fraction of sp³-hybridized carbons (Fsp3) is 0.136. The summed E-state index contributed by atoms with van der Waals surface area (Å²) in [4.78, 5) is 17.5. The fourth-order valence-corrected chi connectivity index (χ4v) is 3.23. The molecule has 0 aliphatic heterocycles. The summed E-state index contributed by atoms with van der Waals surface area (Å²) in [5.74, 6) is -0.105. The summed E-state index contributed by atoms with van der Waals surface area (Å²) >= 11 is 0. The van der Waals surface area contributed by atoms with Gasteiger partial charge in [0, 0.05) is 30.0 Å². The molecule has 0 spiro atoms. The third-order valence-electron chi connectivity index (χ3n) is 4.52. The SMILES string of the molecule is Cc1ccc2nc(C)cc(C(=O)NCc3ccccc3-n3cccn3)c2c1. The lowest BCUT2D eigenvalue weighted by Gasteiger charge is -2.12. The molecule has 5 nitrogen and oxygen atoms in total. The highest BCUT2D eigenvalue weighted by atomic mass is 16.1. The van der Waals surface area contributed by atoms with Gasteiger partial charge < -0.3 is 5.32 Å². The van der Waals surface area contributed by atoms with Crippen molar-refractivity contribution < 1.29 is 4.79 Å². The lowest BCUT2D eigenvalue weighted by Crippen LogP contribution is -2.24. The largest absolute Gasteiger partial charge is 0.348 e. The zero-order valence-electron chi connectivity index (χ0n) is 15.3. The van der Waals surface area contributed by atoms with Gasteiger partial charge in [-0.05, 0) is 49.7 Å². The summed E-state index contributed by atoms with van der Waals surface area (Å²) < 4.78 is 1.80. The zero-order valence-corrected chi connectivity index (χ0v) is 15.3. The summed E-state index contributed by atoms with van der Waals surface area (Å²) in [7, 11) is 0. The van der Waals surface area contributed by atoms with Gasteiger partial charge in [0.05, 0.1) is 16.8 Å². The number of pyridine rings is 1. The van der Waals surface area contributed by atoms with Crippen molar-refractivity contribution in [3.63, 3.8) is 0 Å². The second kappa shape index (κ2) is 7.03. The van der Waals surface area contributed by atoms with E-state index in [0.717, 1.165) is 33.4 Å². The number of nitrogens with one attached hydrogen (secondary N) is 1. The molecular formula is C22H20N4O. The van der Waals surface area contributed by atoms with E-state index in [0.29, 0.717) is 12.1 Å². The van der Waals surface area contributed by atoms with E-state index in [1.54, 1.807) is 10.9 Å². The number of hydrogen-bond acceptors (Lipinski definition) is 3. The molecule has 2 aromatic heterocycles. The predicted molar refractivity (Wildman–Crippen MR) is 106 cm³/mol. The Morgan fingerprint density at radius 2 is 1.93 bits per heavy atom. The Labute approximate surface area is 157 Å². The minimum Gasteiger partial charge on any atom is -0.348 e. The van der Waals surface area contributed by atoms with Crippen molar-refractivity contribution in [3.05, 3.63) is 89.4 Å². The molecule has 5 heteroatoms. The van der Waals surface area contributed by atoms with Crippen molar-refractivity contribution in [2.24, 2.45) is 0 Å². The number of amides is 1. The van der Waals surface area contributed by atoms with Crippen LogP contribution in [0, 0.1) is 13.8 Å². The molecule has 4 rings (SSSR count). The van der Waals surface area contributed by atoms with Crippen molar-refractivity contribution in [1.82, 2.24) is 20.1 Å². The Bertz CT molecular complexity index is 1120. The van der Waals surface area contributed by atoms with E-state index in [9.17, 15) is 4.79 Å². The highest BCUT2D eigenvalue weighted by Crippen LogP contribution is 2.20. The normalized spacial score (nSPS) is 10.9. The molecule has 0 saturated carbocycles. The highest BCUT2D eigenvalue weighted by molar-refractivity contribution is 6.06. The van der Waals surface area contributed by atoms with Crippen LogP contribution in [0.3, 0.4) is 0 Å². The average Bonchev–Trinajstić information content (AvgIpc) is 3.20. The monoisotopic (exact) mass is 356 g/mol. The number of aromatic nitrogens is 3. The summed E-state index contributed by atoms with van der Waals surface area (Å²) in [6.45, 7) is 4.34. The molecule has 1 N–H and O–H groups in total. The Hall–Kier alpha value is -3.47. The van der Waals surface area contributed by atoms with E-state index in [2.05, 4.69) is 15.4 Å². The lowest BCUT2D eigenvalue weighted by atomic mass is 10.0. The van der Waals surface area contributed by atoms with Gasteiger partial charge in [-0.3, -0.25) is 9.78 Å². The van der Waals surface area contributed by atoms with E-state index in [-0.39, 0.29) is 5.91 Å². The maximum absolute atomic E-state index is 12.9. The number of fused-ring (bicyclic) bond motifs is 1. The van der Waals surface area contributed by atoms with Crippen LogP contribution in [0.25, 0.3) is 16.6 Å². The Balaban J connectivity index is 1.63. The van der Waals surface area contributed by atoms with Crippen LogP contribution in [0.5, 0.6) is 0 Å². The Morgan fingerprint density at radius 1 is 1.07 bits per heavy atom. The first-order valence-corrected chi connectivity index (χ1v) is 8.86. The average molecular weight is 356 g/mol. The Morgan fingerprint density at radius 3 is 2.74 bits per heavy atom.